The molecule has 0 aliphatic carbocycles. The van der Waals surface area contributed by atoms with E-state index in [4.69, 9.17) is 14.6 Å². The minimum Gasteiger partial charge on any atom is -0.497 e. The highest BCUT2D eigenvalue weighted by Crippen LogP contribution is 2.26. The van der Waals surface area contributed by atoms with Crippen molar-refractivity contribution in [3.05, 3.63) is 48.0 Å². The summed E-state index contributed by atoms with van der Waals surface area (Å²) in [5.74, 6) is 1.91. The van der Waals surface area contributed by atoms with Gasteiger partial charge in [-0.1, -0.05) is 0 Å². The van der Waals surface area contributed by atoms with Crippen molar-refractivity contribution in [3.63, 3.8) is 0 Å². The summed E-state index contributed by atoms with van der Waals surface area (Å²) in [6, 6.07) is 11.7. The predicted molar refractivity (Wildman–Crippen MR) is 75.6 cm³/mol. The van der Waals surface area contributed by atoms with Gasteiger partial charge in [-0.05, 0) is 55.0 Å². The number of aryl methyl sites for hydroxylation is 1. The van der Waals surface area contributed by atoms with E-state index in [2.05, 4.69) is 0 Å². The molecule has 0 unspecified atom stereocenters. The number of nitrogens with two attached hydrogens (primary N) is 1. The van der Waals surface area contributed by atoms with Crippen LogP contribution in [0.3, 0.4) is 0 Å². The molecule has 0 saturated carbocycles. The molecule has 0 aromatic heterocycles. The van der Waals surface area contributed by atoms with Gasteiger partial charge < -0.3 is 9.47 Å². The Bertz CT molecular complexity index is 708. The van der Waals surface area contributed by atoms with Crippen molar-refractivity contribution in [2.75, 3.05) is 7.11 Å². The fourth-order valence-electron chi connectivity index (χ4n) is 1.78. The van der Waals surface area contributed by atoms with Gasteiger partial charge in [-0.2, -0.15) is 0 Å². The van der Waals surface area contributed by atoms with Crippen LogP contribution in [-0.4, -0.2) is 15.5 Å². The number of methoxy groups -OCH3 is 1. The van der Waals surface area contributed by atoms with Gasteiger partial charge in [-0.15, -0.1) is 0 Å². The minimum atomic E-state index is -3.70. The van der Waals surface area contributed by atoms with Gasteiger partial charge in [0.15, 0.2) is 0 Å². The van der Waals surface area contributed by atoms with E-state index < -0.39 is 10.0 Å². The number of rotatable bonds is 4. The van der Waals surface area contributed by atoms with Crippen LogP contribution in [0.15, 0.2) is 47.4 Å². The lowest BCUT2D eigenvalue weighted by molar-refractivity contribution is 0.413. The van der Waals surface area contributed by atoms with Crippen LogP contribution in [-0.2, 0) is 10.0 Å². The summed E-state index contributed by atoms with van der Waals surface area (Å²) in [6.45, 7) is 1.67. The lowest BCUT2D eigenvalue weighted by atomic mass is 10.2. The molecule has 2 N–H and O–H groups in total. The molecule has 0 bridgehead atoms. The van der Waals surface area contributed by atoms with E-state index in [1.54, 1.807) is 50.4 Å². The topological polar surface area (TPSA) is 78.6 Å². The Kier molecular flexibility index (Phi) is 3.96. The Balaban J connectivity index is 2.24. The van der Waals surface area contributed by atoms with Gasteiger partial charge in [-0.25, -0.2) is 13.6 Å². The molecule has 0 spiro atoms. The molecule has 0 saturated heterocycles. The van der Waals surface area contributed by atoms with E-state index in [0.29, 0.717) is 17.1 Å². The van der Waals surface area contributed by atoms with Crippen molar-refractivity contribution < 1.29 is 17.9 Å². The molecule has 0 fully saturated rings. The summed E-state index contributed by atoms with van der Waals surface area (Å²) in [7, 11) is -2.12. The molecule has 2 aromatic rings. The van der Waals surface area contributed by atoms with Gasteiger partial charge in [0.25, 0.3) is 0 Å². The van der Waals surface area contributed by atoms with Crippen molar-refractivity contribution in [2.45, 2.75) is 11.8 Å². The molecule has 20 heavy (non-hydrogen) atoms. The van der Waals surface area contributed by atoms with Gasteiger partial charge in [0.2, 0.25) is 10.0 Å². The first-order valence-corrected chi connectivity index (χ1v) is 7.40. The van der Waals surface area contributed by atoms with Crippen molar-refractivity contribution in [1.82, 2.24) is 0 Å². The van der Waals surface area contributed by atoms with Gasteiger partial charge in [0.1, 0.15) is 17.2 Å². The fraction of sp³-hybridized carbons (Fsp3) is 0.143. The van der Waals surface area contributed by atoms with Crippen molar-refractivity contribution in [3.8, 4) is 17.2 Å². The average molecular weight is 293 g/mol. The quantitative estimate of drug-likeness (QED) is 0.939. The van der Waals surface area contributed by atoms with Crippen LogP contribution in [0.25, 0.3) is 0 Å². The Labute approximate surface area is 118 Å². The summed E-state index contributed by atoms with van der Waals surface area (Å²) < 4.78 is 33.3. The molecule has 0 atom stereocenters. The highest BCUT2D eigenvalue weighted by Gasteiger charge is 2.12. The second-order valence-corrected chi connectivity index (χ2v) is 5.78. The average Bonchev–Trinajstić information content (AvgIpc) is 2.38. The maximum absolute atomic E-state index is 11.3. The molecule has 0 heterocycles. The molecule has 5 nitrogen and oxygen atoms in total. The van der Waals surface area contributed by atoms with E-state index in [-0.39, 0.29) is 4.90 Å². The first-order valence-electron chi connectivity index (χ1n) is 5.85. The molecular weight excluding hydrogens is 278 g/mol. The van der Waals surface area contributed by atoms with Crippen molar-refractivity contribution in [2.24, 2.45) is 5.14 Å². The highest BCUT2D eigenvalue weighted by molar-refractivity contribution is 7.89. The first-order chi connectivity index (χ1) is 9.40. The third-order valence-corrected chi connectivity index (χ3v) is 3.82. The van der Waals surface area contributed by atoms with Crippen LogP contribution in [0.1, 0.15) is 5.56 Å². The lowest BCUT2D eigenvalue weighted by Gasteiger charge is -2.09. The molecule has 2 aromatic carbocycles. The second-order valence-electron chi connectivity index (χ2n) is 4.25. The predicted octanol–water partition coefficient (Wildman–Crippen LogP) is 2.44. The second kappa shape index (κ2) is 5.52. The van der Waals surface area contributed by atoms with Gasteiger partial charge in [-0.3, -0.25) is 0 Å². The number of primary sulfonamides is 1. The summed E-state index contributed by atoms with van der Waals surface area (Å²) >= 11 is 0. The SMILES string of the molecule is COc1ccc(Oc2ccc(S(N)(=O)=O)c(C)c2)cc1. The van der Waals surface area contributed by atoms with Gasteiger partial charge in [0.05, 0.1) is 12.0 Å². The Hall–Kier alpha value is -2.05. The van der Waals surface area contributed by atoms with Crippen LogP contribution in [0.5, 0.6) is 17.2 Å². The van der Waals surface area contributed by atoms with E-state index in [1.165, 1.54) is 6.07 Å². The van der Waals surface area contributed by atoms with E-state index in [0.717, 1.165) is 5.75 Å². The van der Waals surface area contributed by atoms with Gasteiger partial charge in [0, 0.05) is 0 Å². The van der Waals surface area contributed by atoms with E-state index in [1.807, 2.05) is 0 Å². The lowest BCUT2D eigenvalue weighted by Crippen LogP contribution is -2.13. The molecule has 0 aliphatic rings. The molecule has 106 valence electrons. The van der Waals surface area contributed by atoms with E-state index in [9.17, 15) is 8.42 Å². The van der Waals surface area contributed by atoms with Crippen molar-refractivity contribution >= 4 is 10.0 Å². The number of hydrogen-bond donors (Lipinski definition) is 1. The van der Waals surface area contributed by atoms with Crippen molar-refractivity contribution in [1.29, 1.82) is 0 Å². The number of hydrogen-bond acceptors (Lipinski definition) is 4. The zero-order chi connectivity index (χ0) is 14.8. The summed E-state index contributed by atoms with van der Waals surface area (Å²) in [5, 5.41) is 5.11. The van der Waals surface area contributed by atoms with Crippen LogP contribution in [0.4, 0.5) is 0 Å². The summed E-state index contributed by atoms with van der Waals surface area (Å²) in [6.07, 6.45) is 0. The van der Waals surface area contributed by atoms with E-state index >= 15 is 0 Å². The van der Waals surface area contributed by atoms with Gasteiger partial charge >= 0.3 is 0 Å². The van der Waals surface area contributed by atoms with Crippen LogP contribution in [0, 0.1) is 6.92 Å². The Morgan fingerprint density at radius 3 is 2.00 bits per heavy atom. The maximum Gasteiger partial charge on any atom is 0.238 e. The number of sulfonamides is 1. The summed E-state index contributed by atoms with van der Waals surface area (Å²) in [5.41, 5.74) is 0.540. The molecule has 0 radical (unpaired) electrons. The third kappa shape index (κ3) is 3.28. The summed E-state index contributed by atoms with van der Waals surface area (Å²) in [4.78, 5) is 0.0968. The normalized spacial score (nSPS) is 11.2. The highest BCUT2D eigenvalue weighted by atomic mass is 32.2. The van der Waals surface area contributed by atoms with Crippen LogP contribution < -0.4 is 14.6 Å². The monoisotopic (exact) mass is 293 g/mol. The largest absolute Gasteiger partial charge is 0.497 e. The Morgan fingerprint density at radius 1 is 0.950 bits per heavy atom. The van der Waals surface area contributed by atoms with Crippen LogP contribution in [0.2, 0.25) is 0 Å². The standard InChI is InChI=1S/C14H15NO4S/c1-10-9-13(7-8-14(10)20(15,16)17)19-12-5-3-11(18-2)4-6-12/h3-9H,1-2H3,(H2,15,16,17). The zero-order valence-corrected chi connectivity index (χ0v) is 12.0. The smallest absolute Gasteiger partial charge is 0.238 e. The Morgan fingerprint density at radius 2 is 1.50 bits per heavy atom. The minimum absolute atomic E-state index is 0.0968. The first kappa shape index (κ1) is 14.4. The zero-order valence-electron chi connectivity index (χ0n) is 11.2. The maximum atomic E-state index is 11.3. The number of ether oxygens (including phenoxy) is 2. The molecule has 6 heteroatoms. The number of benzene rings is 2. The molecule has 2 rings (SSSR count). The third-order valence-electron chi connectivity index (χ3n) is 2.75. The molecular formula is C14H15NO4S. The molecule has 0 amide bonds. The molecule has 0 aliphatic heterocycles. The van der Waals surface area contributed by atoms with Crippen LogP contribution >= 0.6 is 0 Å². The fourth-order valence-corrected chi connectivity index (χ4v) is 2.55.